The average molecular weight is 298 g/mol. The van der Waals surface area contributed by atoms with E-state index in [-0.39, 0.29) is 6.04 Å². The Bertz CT molecular complexity index is 325. The third-order valence-electron chi connectivity index (χ3n) is 5.06. The summed E-state index contributed by atoms with van der Waals surface area (Å²) >= 11 is 0. The van der Waals surface area contributed by atoms with Gasteiger partial charge in [0.2, 0.25) is 0 Å². The quantitative estimate of drug-likeness (QED) is 0.723. The number of nitrogens with one attached hydrogen (secondary N) is 1. The molecule has 0 aromatic heterocycles. The first kappa shape index (κ1) is 18.4. The van der Waals surface area contributed by atoms with Crippen molar-refractivity contribution in [2.45, 2.75) is 83.8 Å². The second-order valence-corrected chi connectivity index (χ2v) is 7.25. The molecule has 0 saturated heterocycles. The molecule has 1 atom stereocenters. The van der Waals surface area contributed by atoms with Crippen molar-refractivity contribution < 1.29 is 9.90 Å². The number of carboxylic acid groups (broad SMARTS) is 1. The van der Waals surface area contributed by atoms with Crippen LogP contribution >= 0.6 is 0 Å². The van der Waals surface area contributed by atoms with Gasteiger partial charge in [0.25, 0.3) is 0 Å². The monoisotopic (exact) mass is 298 g/mol. The molecule has 1 unspecified atom stereocenters. The molecule has 1 aliphatic rings. The van der Waals surface area contributed by atoms with Crippen LogP contribution in [0.2, 0.25) is 0 Å². The predicted octanol–water partition coefficient (Wildman–Crippen LogP) is 3.12. The molecule has 124 valence electrons. The lowest BCUT2D eigenvalue weighted by Gasteiger charge is -2.36. The topological polar surface area (TPSA) is 52.6 Å². The third-order valence-corrected chi connectivity index (χ3v) is 5.06. The van der Waals surface area contributed by atoms with Gasteiger partial charge >= 0.3 is 5.97 Å². The molecule has 0 aliphatic heterocycles. The van der Waals surface area contributed by atoms with Crippen molar-refractivity contribution in [3.05, 3.63) is 0 Å². The summed E-state index contributed by atoms with van der Waals surface area (Å²) in [5.74, 6) is 0.154. The van der Waals surface area contributed by atoms with Gasteiger partial charge in [0, 0.05) is 18.6 Å². The molecule has 0 spiro atoms. The third kappa shape index (κ3) is 5.59. The van der Waals surface area contributed by atoms with Crippen molar-refractivity contribution in [2.24, 2.45) is 5.92 Å². The van der Waals surface area contributed by atoms with Gasteiger partial charge in [-0.25, -0.2) is 0 Å². The van der Waals surface area contributed by atoms with Crippen LogP contribution < -0.4 is 5.32 Å². The molecule has 1 fully saturated rings. The van der Waals surface area contributed by atoms with Crippen LogP contribution in [-0.2, 0) is 4.79 Å². The molecule has 0 amide bonds. The van der Waals surface area contributed by atoms with Gasteiger partial charge < -0.3 is 10.0 Å². The predicted molar refractivity (Wildman–Crippen MR) is 87.6 cm³/mol. The molecule has 4 heteroatoms. The molecule has 1 rings (SSSR count). The zero-order valence-electron chi connectivity index (χ0n) is 14.5. The summed E-state index contributed by atoms with van der Waals surface area (Å²) in [5, 5.41) is 12.7. The SMILES string of the molecule is CCC1CCC(N(C)CCC(C)(NC(C)C)C(=O)O)CC1. The molecule has 0 aromatic carbocycles. The van der Waals surface area contributed by atoms with Gasteiger partial charge in [0.15, 0.2) is 0 Å². The molecule has 1 saturated carbocycles. The highest BCUT2D eigenvalue weighted by Crippen LogP contribution is 2.29. The normalized spacial score (nSPS) is 26.0. The Kier molecular flexibility index (Phi) is 7.14. The van der Waals surface area contributed by atoms with Gasteiger partial charge in [-0.15, -0.1) is 0 Å². The number of hydrogen-bond donors (Lipinski definition) is 2. The van der Waals surface area contributed by atoms with Gasteiger partial charge in [-0.3, -0.25) is 10.1 Å². The van der Waals surface area contributed by atoms with E-state index in [2.05, 4.69) is 24.2 Å². The highest BCUT2D eigenvalue weighted by Gasteiger charge is 2.34. The molecule has 0 heterocycles. The fourth-order valence-corrected chi connectivity index (χ4v) is 3.45. The number of rotatable bonds is 8. The number of aliphatic carboxylic acids is 1. The van der Waals surface area contributed by atoms with E-state index in [4.69, 9.17) is 0 Å². The highest BCUT2D eigenvalue weighted by atomic mass is 16.4. The Balaban J connectivity index is 2.47. The van der Waals surface area contributed by atoms with E-state index in [1.54, 1.807) is 6.92 Å². The van der Waals surface area contributed by atoms with Crippen LogP contribution in [0.1, 0.15) is 66.2 Å². The number of carbonyl (C=O) groups is 1. The fourth-order valence-electron chi connectivity index (χ4n) is 3.45. The standard InChI is InChI=1S/C17H34N2O2/c1-6-14-7-9-15(10-8-14)19(5)12-11-17(4,16(20)21)18-13(2)3/h13-15,18H,6-12H2,1-5H3,(H,20,21). The van der Waals surface area contributed by atoms with Crippen molar-refractivity contribution >= 4 is 5.97 Å². The Labute approximate surface area is 130 Å². The van der Waals surface area contributed by atoms with E-state index < -0.39 is 11.5 Å². The van der Waals surface area contributed by atoms with Crippen molar-refractivity contribution in [3.63, 3.8) is 0 Å². The summed E-state index contributed by atoms with van der Waals surface area (Å²) in [7, 11) is 2.15. The molecular formula is C17H34N2O2. The van der Waals surface area contributed by atoms with E-state index in [0.717, 1.165) is 12.5 Å². The van der Waals surface area contributed by atoms with Gasteiger partial charge in [0.1, 0.15) is 5.54 Å². The number of hydrogen-bond acceptors (Lipinski definition) is 3. The lowest BCUT2D eigenvalue weighted by Crippen LogP contribution is -2.54. The van der Waals surface area contributed by atoms with Gasteiger partial charge in [-0.05, 0) is 65.8 Å². The van der Waals surface area contributed by atoms with Crippen LogP contribution in [0.25, 0.3) is 0 Å². The minimum Gasteiger partial charge on any atom is -0.480 e. The van der Waals surface area contributed by atoms with Crippen LogP contribution in [0.4, 0.5) is 0 Å². The Morgan fingerprint density at radius 2 is 1.90 bits per heavy atom. The number of carboxylic acids is 1. The van der Waals surface area contributed by atoms with E-state index in [0.29, 0.717) is 12.5 Å². The molecule has 0 bridgehead atoms. The zero-order valence-corrected chi connectivity index (χ0v) is 14.5. The minimum absolute atomic E-state index is 0.177. The number of nitrogens with zero attached hydrogens (tertiary/aromatic N) is 1. The summed E-state index contributed by atoms with van der Waals surface area (Å²) in [6.07, 6.45) is 7.11. The molecule has 4 nitrogen and oxygen atoms in total. The van der Waals surface area contributed by atoms with Crippen molar-refractivity contribution in [3.8, 4) is 0 Å². The van der Waals surface area contributed by atoms with Gasteiger partial charge in [0.05, 0.1) is 0 Å². The zero-order chi connectivity index (χ0) is 16.0. The largest absolute Gasteiger partial charge is 0.480 e. The second kappa shape index (κ2) is 8.14. The summed E-state index contributed by atoms with van der Waals surface area (Å²) in [6.45, 7) is 8.92. The van der Waals surface area contributed by atoms with Crippen LogP contribution in [-0.4, -0.2) is 47.2 Å². The van der Waals surface area contributed by atoms with Crippen LogP contribution in [0, 0.1) is 5.92 Å². The fraction of sp³-hybridized carbons (Fsp3) is 0.941. The van der Waals surface area contributed by atoms with E-state index in [1.807, 2.05) is 13.8 Å². The van der Waals surface area contributed by atoms with Crippen molar-refractivity contribution in [2.75, 3.05) is 13.6 Å². The smallest absolute Gasteiger partial charge is 0.323 e. The lowest BCUT2D eigenvalue weighted by atomic mass is 9.84. The van der Waals surface area contributed by atoms with Gasteiger partial charge in [-0.2, -0.15) is 0 Å². The van der Waals surface area contributed by atoms with E-state index in [9.17, 15) is 9.90 Å². The molecule has 1 aliphatic carbocycles. The van der Waals surface area contributed by atoms with Crippen LogP contribution in [0.15, 0.2) is 0 Å². The molecule has 2 N–H and O–H groups in total. The van der Waals surface area contributed by atoms with E-state index >= 15 is 0 Å². The van der Waals surface area contributed by atoms with Crippen molar-refractivity contribution in [1.82, 2.24) is 10.2 Å². The average Bonchev–Trinajstić information content (AvgIpc) is 2.44. The van der Waals surface area contributed by atoms with Crippen molar-refractivity contribution in [1.29, 1.82) is 0 Å². The van der Waals surface area contributed by atoms with Gasteiger partial charge in [-0.1, -0.05) is 13.3 Å². The first-order valence-corrected chi connectivity index (χ1v) is 8.49. The second-order valence-electron chi connectivity index (χ2n) is 7.25. The first-order valence-electron chi connectivity index (χ1n) is 8.49. The molecular weight excluding hydrogens is 264 g/mol. The van der Waals surface area contributed by atoms with Crippen LogP contribution in [0.5, 0.6) is 0 Å². The maximum Gasteiger partial charge on any atom is 0.323 e. The highest BCUT2D eigenvalue weighted by molar-refractivity contribution is 5.78. The summed E-state index contributed by atoms with van der Waals surface area (Å²) in [6, 6.07) is 0.807. The Hall–Kier alpha value is -0.610. The Morgan fingerprint density at radius 1 is 1.33 bits per heavy atom. The first-order chi connectivity index (χ1) is 9.78. The summed E-state index contributed by atoms with van der Waals surface area (Å²) in [5.41, 5.74) is -0.830. The summed E-state index contributed by atoms with van der Waals surface area (Å²) < 4.78 is 0. The molecule has 0 aromatic rings. The van der Waals surface area contributed by atoms with E-state index in [1.165, 1.54) is 32.1 Å². The van der Waals surface area contributed by atoms with Crippen LogP contribution in [0.3, 0.4) is 0 Å². The maximum atomic E-state index is 11.5. The summed E-state index contributed by atoms with van der Waals surface area (Å²) in [4.78, 5) is 13.9. The maximum absolute atomic E-state index is 11.5. The lowest BCUT2D eigenvalue weighted by molar-refractivity contribution is -0.145. The molecule has 0 radical (unpaired) electrons. The molecule has 21 heavy (non-hydrogen) atoms. The Morgan fingerprint density at radius 3 is 2.33 bits per heavy atom. The minimum atomic E-state index is -0.830.